The number of hydrogen-bond acceptors (Lipinski definition) is 4. The first-order valence-corrected chi connectivity index (χ1v) is 3.48. The maximum atomic E-state index is 9.35. The smallest absolute Gasteiger partial charge is 0.115 e. The Morgan fingerprint density at radius 3 is 3.00 bits per heavy atom. The lowest BCUT2D eigenvalue weighted by Crippen LogP contribution is -2.07. The molecule has 11 heavy (non-hydrogen) atoms. The van der Waals surface area contributed by atoms with E-state index < -0.39 is 6.10 Å². The van der Waals surface area contributed by atoms with Crippen LogP contribution in [0.2, 0.25) is 0 Å². The number of aliphatic hydroxyl groups excluding tert-OH is 1. The number of aliphatic hydroxyl groups is 1. The SMILES string of the molecule is NCCC(O)c1ccncn1. The summed E-state index contributed by atoms with van der Waals surface area (Å²) in [6.45, 7) is 0.463. The van der Waals surface area contributed by atoms with E-state index in [9.17, 15) is 5.11 Å². The first-order valence-electron chi connectivity index (χ1n) is 3.48. The molecule has 1 atom stereocenters. The van der Waals surface area contributed by atoms with Crippen LogP contribution in [-0.4, -0.2) is 21.6 Å². The molecule has 1 unspecified atom stereocenters. The second kappa shape index (κ2) is 4.00. The summed E-state index contributed by atoms with van der Waals surface area (Å²) in [6.07, 6.45) is 3.00. The van der Waals surface area contributed by atoms with Crippen LogP contribution in [0.1, 0.15) is 18.2 Å². The van der Waals surface area contributed by atoms with Gasteiger partial charge in [-0.2, -0.15) is 0 Å². The summed E-state index contributed by atoms with van der Waals surface area (Å²) < 4.78 is 0. The van der Waals surface area contributed by atoms with Gasteiger partial charge in [-0.05, 0) is 19.0 Å². The molecule has 0 saturated heterocycles. The molecule has 0 spiro atoms. The lowest BCUT2D eigenvalue weighted by molar-refractivity contribution is 0.165. The van der Waals surface area contributed by atoms with Crippen LogP contribution in [0, 0.1) is 0 Å². The lowest BCUT2D eigenvalue weighted by atomic mass is 10.2. The van der Waals surface area contributed by atoms with Crippen LogP contribution in [0.4, 0.5) is 0 Å². The average Bonchev–Trinajstić information content (AvgIpc) is 2.07. The van der Waals surface area contributed by atoms with E-state index in [-0.39, 0.29) is 0 Å². The molecule has 0 aliphatic rings. The summed E-state index contributed by atoms with van der Waals surface area (Å²) in [5.41, 5.74) is 5.89. The number of nitrogens with zero attached hydrogens (tertiary/aromatic N) is 2. The molecule has 0 radical (unpaired) electrons. The molecule has 4 heteroatoms. The van der Waals surface area contributed by atoms with Crippen molar-refractivity contribution in [3.63, 3.8) is 0 Å². The maximum absolute atomic E-state index is 9.35. The minimum absolute atomic E-state index is 0.463. The van der Waals surface area contributed by atoms with Crippen molar-refractivity contribution >= 4 is 0 Å². The van der Waals surface area contributed by atoms with Crippen molar-refractivity contribution in [3.05, 3.63) is 24.3 Å². The van der Waals surface area contributed by atoms with Crippen LogP contribution in [0.3, 0.4) is 0 Å². The Kier molecular flexibility index (Phi) is 2.95. The van der Waals surface area contributed by atoms with Crippen LogP contribution < -0.4 is 5.73 Å². The predicted molar refractivity (Wildman–Crippen MR) is 40.7 cm³/mol. The maximum Gasteiger partial charge on any atom is 0.115 e. The Hall–Kier alpha value is -1.00. The van der Waals surface area contributed by atoms with Crippen LogP contribution >= 0.6 is 0 Å². The van der Waals surface area contributed by atoms with Crippen LogP contribution in [0.5, 0.6) is 0 Å². The zero-order valence-electron chi connectivity index (χ0n) is 6.14. The normalized spacial score (nSPS) is 12.9. The third kappa shape index (κ3) is 2.25. The lowest BCUT2D eigenvalue weighted by Gasteiger charge is -2.06. The van der Waals surface area contributed by atoms with Crippen LogP contribution in [-0.2, 0) is 0 Å². The van der Waals surface area contributed by atoms with E-state index in [2.05, 4.69) is 9.97 Å². The molecular weight excluding hydrogens is 142 g/mol. The minimum Gasteiger partial charge on any atom is -0.387 e. The predicted octanol–water partition coefficient (Wildman–Crippen LogP) is -0.141. The zero-order valence-corrected chi connectivity index (χ0v) is 6.14. The van der Waals surface area contributed by atoms with Gasteiger partial charge < -0.3 is 10.8 Å². The van der Waals surface area contributed by atoms with Gasteiger partial charge in [0.05, 0.1) is 11.8 Å². The largest absolute Gasteiger partial charge is 0.387 e. The summed E-state index contributed by atoms with van der Waals surface area (Å²) in [6, 6.07) is 1.68. The highest BCUT2D eigenvalue weighted by molar-refractivity contribution is 5.01. The van der Waals surface area contributed by atoms with Crippen molar-refractivity contribution in [2.24, 2.45) is 5.73 Å². The summed E-state index contributed by atoms with van der Waals surface area (Å²) in [5, 5.41) is 9.35. The van der Waals surface area contributed by atoms with E-state index in [1.807, 2.05) is 0 Å². The topological polar surface area (TPSA) is 72.0 Å². The molecule has 4 nitrogen and oxygen atoms in total. The van der Waals surface area contributed by atoms with Crippen molar-refractivity contribution in [2.75, 3.05) is 6.54 Å². The Labute approximate surface area is 65.1 Å². The Bertz CT molecular complexity index is 202. The second-order valence-corrected chi connectivity index (χ2v) is 2.23. The van der Waals surface area contributed by atoms with Crippen molar-refractivity contribution in [1.29, 1.82) is 0 Å². The minimum atomic E-state index is -0.553. The third-order valence-electron chi connectivity index (χ3n) is 1.39. The monoisotopic (exact) mass is 153 g/mol. The highest BCUT2D eigenvalue weighted by Crippen LogP contribution is 2.10. The number of rotatable bonds is 3. The van der Waals surface area contributed by atoms with Gasteiger partial charge in [0.15, 0.2) is 0 Å². The van der Waals surface area contributed by atoms with E-state index in [1.165, 1.54) is 6.33 Å². The molecule has 1 aromatic rings. The van der Waals surface area contributed by atoms with Crippen molar-refractivity contribution < 1.29 is 5.11 Å². The van der Waals surface area contributed by atoms with E-state index >= 15 is 0 Å². The highest BCUT2D eigenvalue weighted by atomic mass is 16.3. The highest BCUT2D eigenvalue weighted by Gasteiger charge is 2.05. The molecule has 1 aromatic heterocycles. The van der Waals surface area contributed by atoms with Gasteiger partial charge in [-0.15, -0.1) is 0 Å². The van der Waals surface area contributed by atoms with Crippen molar-refractivity contribution in [2.45, 2.75) is 12.5 Å². The molecule has 3 N–H and O–H groups in total. The molecule has 0 fully saturated rings. The molecular formula is C7H11N3O. The van der Waals surface area contributed by atoms with E-state index in [1.54, 1.807) is 12.3 Å². The number of hydrogen-bond donors (Lipinski definition) is 2. The van der Waals surface area contributed by atoms with Gasteiger partial charge in [-0.3, -0.25) is 0 Å². The Morgan fingerprint density at radius 2 is 2.45 bits per heavy atom. The van der Waals surface area contributed by atoms with Gasteiger partial charge in [-0.1, -0.05) is 0 Å². The summed E-state index contributed by atoms with van der Waals surface area (Å²) >= 11 is 0. The second-order valence-electron chi connectivity index (χ2n) is 2.23. The molecule has 0 aromatic carbocycles. The van der Waals surface area contributed by atoms with E-state index in [0.717, 1.165) is 0 Å². The number of nitrogens with two attached hydrogens (primary N) is 1. The summed E-state index contributed by atoms with van der Waals surface area (Å²) in [5.74, 6) is 0. The van der Waals surface area contributed by atoms with Crippen LogP contribution in [0.15, 0.2) is 18.6 Å². The zero-order chi connectivity index (χ0) is 8.10. The van der Waals surface area contributed by atoms with Gasteiger partial charge in [0.1, 0.15) is 6.33 Å². The van der Waals surface area contributed by atoms with Gasteiger partial charge >= 0.3 is 0 Å². The van der Waals surface area contributed by atoms with Gasteiger partial charge in [0.25, 0.3) is 0 Å². The van der Waals surface area contributed by atoms with Gasteiger partial charge in [0, 0.05) is 6.20 Å². The molecule has 0 aliphatic heterocycles. The molecule has 0 amide bonds. The summed E-state index contributed by atoms with van der Waals surface area (Å²) in [7, 11) is 0. The first kappa shape index (κ1) is 8.10. The standard InChI is InChI=1S/C7H11N3O/c8-3-1-7(11)6-2-4-9-5-10-6/h2,4-5,7,11H,1,3,8H2. The molecule has 0 saturated carbocycles. The van der Waals surface area contributed by atoms with E-state index in [4.69, 9.17) is 5.73 Å². The van der Waals surface area contributed by atoms with Crippen molar-refractivity contribution in [3.8, 4) is 0 Å². The molecule has 1 heterocycles. The van der Waals surface area contributed by atoms with E-state index in [0.29, 0.717) is 18.7 Å². The van der Waals surface area contributed by atoms with Crippen molar-refractivity contribution in [1.82, 2.24) is 9.97 Å². The van der Waals surface area contributed by atoms with Gasteiger partial charge in [0.2, 0.25) is 0 Å². The third-order valence-corrected chi connectivity index (χ3v) is 1.39. The quantitative estimate of drug-likeness (QED) is 0.634. The summed E-state index contributed by atoms with van der Waals surface area (Å²) in [4.78, 5) is 7.62. The fourth-order valence-electron chi connectivity index (χ4n) is 0.804. The van der Waals surface area contributed by atoms with Crippen LogP contribution in [0.25, 0.3) is 0 Å². The molecule has 0 aliphatic carbocycles. The Balaban J connectivity index is 2.61. The molecule has 1 rings (SSSR count). The molecule has 0 bridgehead atoms. The molecule has 60 valence electrons. The Morgan fingerprint density at radius 1 is 1.64 bits per heavy atom. The fraction of sp³-hybridized carbons (Fsp3) is 0.429. The van der Waals surface area contributed by atoms with Gasteiger partial charge in [-0.25, -0.2) is 9.97 Å². The average molecular weight is 153 g/mol. The fourth-order valence-corrected chi connectivity index (χ4v) is 0.804. The number of aromatic nitrogens is 2. The first-order chi connectivity index (χ1) is 5.34.